The molecule has 0 saturated heterocycles. The maximum Gasteiger partial charge on any atom is 0.168 e. The fraction of sp³-hybridized carbons (Fsp3) is 0.0930. The molecule has 6 heterocycles. The lowest BCUT2D eigenvalue weighted by Gasteiger charge is -2.25. The number of para-hydroxylation sites is 3. The van der Waals surface area contributed by atoms with Crippen LogP contribution in [0.3, 0.4) is 0 Å². The Bertz CT molecular complexity index is 9100. The maximum absolute atomic E-state index is 6.77. The van der Waals surface area contributed by atoms with Gasteiger partial charge in [0, 0.05) is 110 Å². The SMILES string of the molecule is CC1(C)c2ccccc2-c2cc3c(oc4ccccc43)c(-c3ccc(-c4nc(-c5ccccc5)nc(-c5ccccc5)n4)cc3)c21.CC1(C)c2ccccc2-c2cc3c(oc4ccccc43)c(-c3cccc(-c4nc(-c5ccccc5)nc(-c5ccccc5)n4)c3)c21.CC1(C)c2ccccc2-c2ccc(-c3nc(-c4ccccc4)nc(-c4c5c(cc6c4oc4ccccc46)-c4ccccc4C5(C)C)n3)cc21. The van der Waals surface area contributed by atoms with E-state index in [1.807, 2.05) is 164 Å². The van der Waals surface area contributed by atoms with E-state index in [1.165, 1.54) is 89.0 Å². The first-order valence-electron chi connectivity index (χ1n) is 48.2. The Morgan fingerprint density at radius 1 is 0.156 bits per heavy atom. The summed E-state index contributed by atoms with van der Waals surface area (Å²) in [5.41, 5.74) is 37.8. The molecule has 28 rings (SSSR count). The number of rotatable bonds is 11. The van der Waals surface area contributed by atoms with Gasteiger partial charge in [0.25, 0.3) is 0 Å². The second-order valence-electron chi connectivity index (χ2n) is 39.3. The van der Waals surface area contributed by atoms with Crippen molar-refractivity contribution in [1.82, 2.24) is 44.9 Å². The third-order valence-electron chi connectivity index (χ3n) is 29.5. The van der Waals surface area contributed by atoms with Crippen LogP contribution >= 0.6 is 0 Å². The highest BCUT2D eigenvalue weighted by Gasteiger charge is 2.45. The highest BCUT2D eigenvalue weighted by Crippen LogP contribution is 2.60. The molecule has 670 valence electrons. The third kappa shape index (κ3) is 13.7. The minimum absolute atomic E-state index is 0.142. The number of fused-ring (bicyclic) bond motifs is 21. The van der Waals surface area contributed by atoms with Gasteiger partial charge in [-0.2, -0.15) is 0 Å². The summed E-state index contributed by atoms with van der Waals surface area (Å²) in [7, 11) is 0. The Morgan fingerprint density at radius 2 is 0.397 bits per heavy atom. The summed E-state index contributed by atoms with van der Waals surface area (Å²) in [5.74, 6) is 5.76. The highest BCUT2D eigenvalue weighted by atomic mass is 16.3. The molecule has 0 aliphatic heterocycles. The monoisotopic (exact) mass is 1810 g/mol. The molecule has 141 heavy (non-hydrogen) atoms. The molecule has 12 nitrogen and oxygen atoms in total. The van der Waals surface area contributed by atoms with Crippen molar-refractivity contribution in [2.75, 3.05) is 0 Å². The van der Waals surface area contributed by atoms with Crippen molar-refractivity contribution >= 4 is 65.8 Å². The Hall–Kier alpha value is -17.6. The zero-order valence-corrected chi connectivity index (χ0v) is 78.9. The van der Waals surface area contributed by atoms with Crippen LogP contribution in [0.15, 0.2) is 420 Å². The average Bonchev–Trinajstić information content (AvgIpc) is 1.54. The van der Waals surface area contributed by atoms with E-state index in [0.717, 1.165) is 138 Å². The number of aromatic nitrogens is 9. The van der Waals surface area contributed by atoms with E-state index in [9.17, 15) is 0 Å². The summed E-state index contributed by atoms with van der Waals surface area (Å²) in [6, 6.07) is 141. The first-order valence-corrected chi connectivity index (χ1v) is 48.2. The van der Waals surface area contributed by atoms with Crippen molar-refractivity contribution < 1.29 is 13.3 Å². The quantitative estimate of drug-likeness (QED) is 0.121. The lowest BCUT2D eigenvalue weighted by Crippen LogP contribution is -2.17. The van der Waals surface area contributed by atoms with Crippen LogP contribution in [0.1, 0.15) is 99.9 Å². The molecule has 0 spiro atoms. The van der Waals surface area contributed by atoms with E-state index in [-0.39, 0.29) is 21.7 Å². The van der Waals surface area contributed by atoms with Crippen LogP contribution in [0.4, 0.5) is 0 Å². The molecule has 18 aromatic carbocycles. The fourth-order valence-electron chi connectivity index (χ4n) is 22.8. The topological polar surface area (TPSA) is 155 Å². The van der Waals surface area contributed by atoms with Crippen molar-refractivity contribution in [3.8, 4) is 169 Å². The van der Waals surface area contributed by atoms with E-state index in [4.69, 9.17) is 58.1 Å². The largest absolute Gasteiger partial charge is 0.455 e. The second-order valence-corrected chi connectivity index (χ2v) is 39.3. The van der Waals surface area contributed by atoms with Crippen molar-refractivity contribution in [2.45, 2.75) is 77.0 Å². The van der Waals surface area contributed by atoms with Crippen molar-refractivity contribution in [2.24, 2.45) is 0 Å². The molecule has 0 bridgehead atoms. The van der Waals surface area contributed by atoms with Gasteiger partial charge in [0.1, 0.15) is 33.5 Å². The van der Waals surface area contributed by atoms with Crippen LogP contribution < -0.4 is 0 Å². The molecule has 12 heteroatoms. The maximum atomic E-state index is 6.77. The molecule has 0 fully saturated rings. The molecule has 0 N–H and O–H groups in total. The van der Waals surface area contributed by atoms with Crippen LogP contribution in [0.5, 0.6) is 0 Å². The summed E-state index contributed by atoms with van der Waals surface area (Å²) in [5, 5.41) is 6.67. The summed E-state index contributed by atoms with van der Waals surface area (Å²) < 4.78 is 20.2. The van der Waals surface area contributed by atoms with Crippen LogP contribution in [0.2, 0.25) is 0 Å². The minimum Gasteiger partial charge on any atom is -0.455 e. The normalized spacial score (nSPS) is 13.8. The number of hydrogen-bond acceptors (Lipinski definition) is 12. The molecule has 4 aliphatic carbocycles. The molecule has 6 aromatic heterocycles. The lowest BCUT2D eigenvalue weighted by atomic mass is 9.78. The van der Waals surface area contributed by atoms with E-state index in [1.54, 1.807) is 0 Å². The van der Waals surface area contributed by atoms with Gasteiger partial charge in [-0.25, -0.2) is 44.9 Å². The Balaban J connectivity index is 0.000000109. The number of benzene rings is 18. The molecule has 0 amide bonds. The zero-order valence-electron chi connectivity index (χ0n) is 78.9. The molecule has 4 aliphatic rings. The number of furan rings is 3. The Kier molecular flexibility index (Phi) is 19.4. The number of nitrogens with zero attached hydrogens (tertiary/aromatic N) is 9. The van der Waals surface area contributed by atoms with Gasteiger partial charge in [0.2, 0.25) is 0 Å². The Morgan fingerprint density at radius 3 is 0.766 bits per heavy atom. The lowest BCUT2D eigenvalue weighted by molar-refractivity contribution is 0.648. The fourth-order valence-corrected chi connectivity index (χ4v) is 22.8. The third-order valence-corrected chi connectivity index (χ3v) is 29.5. The van der Waals surface area contributed by atoms with Crippen LogP contribution in [-0.4, -0.2) is 44.9 Å². The molecular weight excluding hydrogens is 1720 g/mol. The first-order chi connectivity index (χ1) is 68.9. The van der Waals surface area contributed by atoms with Crippen LogP contribution in [-0.2, 0) is 21.7 Å². The van der Waals surface area contributed by atoms with E-state index < -0.39 is 0 Å². The smallest absolute Gasteiger partial charge is 0.168 e. The van der Waals surface area contributed by atoms with E-state index in [0.29, 0.717) is 52.4 Å². The minimum atomic E-state index is -0.308. The van der Waals surface area contributed by atoms with Gasteiger partial charge in [-0.15, -0.1) is 0 Å². The standard InChI is InChI=1S/C45H33N3O.2C42H29N3O/c1-44(2)34-19-11-8-16-28(34)30-23-22-27(24-36(30)44)42-46-41(26-14-6-5-7-15-26)47-43(48-42)38-39-32(29-17-9-12-20-35(29)45(39,3)4)25-33-31-18-10-13-21-37(31)49-40(33)38;1-42(2)34-22-11-9-20-30(34)32-25-33-31-21-10-12-23-35(31)46-38(33)36(37(32)42)28-18-13-19-29(24-28)41-44-39(26-14-5-3-6-15-26)43-40(45-41)27-16-7-4-8-17-27;1-42(2)34-19-11-9-17-30(34)32-25-33-31-18-10-12-20-35(31)46-38(33)36(37(32)42)26-21-23-29(24-22-26)41-44-39(27-13-5-3-6-14-27)43-40(45-41)28-15-7-4-8-16-28/h5-25H,1-4H3;2*3-25H,1-2H3. The van der Waals surface area contributed by atoms with Crippen LogP contribution in [0.25, 0.3) is 235 Å². The van der Waals surface area contributed by atoms with Gasteiger partial charge in [-0.1, -0.05) is 413 Å². The van der Waals surface area contributed by atoms with Gasteiger partial charge < -0.3 is 13.3 Å². The van der Waals surface area contributed by atoms with Gasteiger partial charge >= 0.3 is 0 Å². The molecule has 0 radical (unpaired) electrons. The molecular formula is C129H91N9O3. The van der Waals surface area contributed by atoms with Crippen molar-refractivity contribution in [1.29, 1.82) is 0 Å². The van der Waals surface area contributed by atoms with Gasteiger partial charge in [0.05, 0.1) is 5.56 Å². The van der Waals surface area contributed by atoms with Crippen LogP contribution in [0, 0.1) is 0 Å². The summed E-state index contributed by atoms with van der Waals surface area (Å²) in [6.07, 6.45) is 0. The molecule has 0 saturated carbocycles. The van der Waals surface area contributed by atoms with Gasteiger partial charge in [-0.05, 0) is 149 Å². The van der Waals surface area contributed by atoms with Crippen molar-refractivity contribution in [3.63, 3.8) is 0 Å². The summed E-state index contributed by atoms with van der Waals surface area (Å²) >= 11 is 0. The van der Waals surface area contributed by atoms with E-state index in [2.05, 4.69) is 298 Å². The van der Waals surface area contributed by atoms with Gasteiger partial charge in [0.15, 0.2) is 52.4 Å². The summed E-state index contributed by atoms with van der Waals surface area (Å²) in [4.78, 5) is 45.5. The first kappa shape index (κ1) is 83.9. The highest BCUT2D eigenvalue weighted by molar-refractivity contribution is 6.17. The zero-order chi connectivity index (χ0) is 94.7. The predicted molar refractivity (Wildman–Crippen MR) is 571 cm³/mol. The molecule has 0 atom stereocenters. The second kappa shape index (κ2) is 32.5. The number of hydrogen-bond donors (Lipinski definition) is 0. The predicted octanol–water partition coefficient (Wildman–Crippen LogP) is 32.9. The summed E-state index contributed by atoms with van der Waals surface area (Å²) in [6.45, 7) is 18.5. The average molecular weight is 1820 g/mol. The Labute approximate surface area is 815 Å². The van der Waals surface area contributed by atoms with Crippen molar-refractivity contribution in [3.05, 3.63) is 451 Å². The molecule has 24 aromatic rings. The van der Waals surface area contributed by atoms with E-state index >= 15 is 0 Å². The molecule has 0 unspecified atom stereocenters. The van der Waals surface area contributed by atoms with Gasteiger partial charge in [-0.3, -0.25) is 0 Å².